The maximum absolute atomic E-state index is 12.9. The van der Waals surface area contributed by atoms with E-state index in [0.29, 0.717) is 12.8 Å². The fourth-order valence-electron chi connectivity index (χ4n) is 3.03. The molecule has 1 aromatic heterocycles. The van der Waals surface area contributed by atoms with E-state index in [2.05, 4.69) is 20.9 Å². The van der Waals surface area contributed by atoms with Crippen LogP contribution in [0.15, 0.2) is 4.79 Å². The first kappa shape index (κ1) is 25.8. The number of carbonyl (C=O) groups is 1. The number of aliphatic carboxylic acids is 1. The Kier molecular flexibility index (Phi) is 9.24. The van der Waals surface area contributed by atoms with Crippen molar-refractivity contribution in [2.24, 2.45) is 0 Å². The van der Waals surface area contributed by atoms with E-state index in [1.807, 2.05) is 0 Å². The average Bonchev–Trinajstić information content (AvgIpc) is 3.22. The summed E-state index contributed by atoms with van der Waals surface area (Å²) in [6.45, 7) is 1.83. The van der Waals surface area contributed by atoms with Gasteiger partial charge in [0.1, 0.15) is 18.3 Å². The van der Waals surface area contributed by atoms with Crippen molar-refractivity contribution >= 4 is 25.1 Å². The molecule has 0 bridgehead atoms. The minimum atomic E-state index is -4.24. The molecular formula is C16H27N6O9P. The van der Waals surface area contributed by atoms with Crippen LogP contribution in [0.4, 0.5) is 5.69 Å². The number of aromatic nitrogens is 3. The predicted molar refractivity (Wildman–Crippen MR) is 109 cm³/mol. The number of aliphatic hydroxyl groups is 2. The summed E-state index contributed by atoms with van der Waals surface area (Å²) < 4.78 is 29.4. The number of carboxylic acids is 1. The van der Waals surface area contributed by atoms with Crippen molar-refractivity contribution in [2.45, 2.75) is 44.8 Å². The first-order valence-electron chi connectivity index (χ1n) is 9.79. The molecule has 2 rings (SSSR count). The Balaban J connectivity index is 2.39. The first-order chi connectivity index (χ1) is 15.2. The van der Waals surface area contributed by atoms with Crippen molar-refractivity contribution in [1.82, 2.24) is 20.3 Å². The smallest absolute Gasteiger partial charge is 0.364 e. The van der Waals surface area contributed by atoms with Crippen molar-refractivity contribution in [3.8, 4) is 0 Å². The second-order valence-corrected chi connectivity index (χ2v) is 8.62. The van der Waals surface area contributed by atoms with Gasteiger partial charge in [0.05, 0.1) is 25.9 Å². The van der Waals surface area contributed by atoms with Crippen molar-refractivity contribution in [3.63, 3.8) is 0 Å². The fraction of sp³-hybridized carbons (Fsp3) is 0.688. The van der Waals surface area contributed by atoms with Crippen molar-refractivity contribution < 1.29 is 38.5 Å². The summed E-state index contributed by atoms with van der Waals surface area (Å²) in [6.07, 6.45) is -0.419. The zero-order chi connectivity index (χ0) is 23.9. The molecule has 0 aliphatic carbocycles. The van der Waals surface area contributed by atoms with Gasteiger partial charge in [0.15, 0.2) is 11.9 Å². The van der Waals surface area contributed by atoms with E-state index < -0.39 is 55.5 Å². The number of carboxylic acid groups (broad SMARTS) is 1. The fourth-order valence-corrected chi connectivity index (χ4v) is 4.68. The molecule has 1 aliphatic heterocycles. The zero-order valence-electron chi connectivity index (χ0n) is 17.6. The summed E-state index contributed by atoms with van der Waals surface area (Å²) in [7, 11) is -4.24. The van der Waals surface area contributed by atoms with E-state index in [1.54, 1.807) is 0 Å². The second kappa shape index (κ2) is 11.4. The number of amidine groups is 1. The van der Waals surface area contributed by atoms with Gasteiger partial charge in [-0.3, -0.25) is 14.8 Å². The molecule has 0 spiro atoms. The number of aliphatic hydroxyl groups excluding tert-OH is 2. The maximum atomic E-state index is 12.9. The molecule has 180 valence electrons. The molecule has 1 aliphatic rings. The van der Waals surface area contributed by atoms with Crippen LogP contribution in [-0.4, -0.2) is 80.6 Å². The standard InChI is InChI=1S/C16H27N6O9P/c1-3-29-32(28,30-4-2)14(16(26)27)19-13(17)11-12(18-8-24)15(25)22(21-20-11)10-6-5-9(7-23)31-10/h9-10,14,18,23-24H,3-8H2,1-2H3,(H2,17,19)(H,26,27). The normalized spacial score (nSPS) is 19.5. The number of ether oxygens (including phenoxy) is 1. The number of nitrogens with one attached hydrogen (secondary N) is 3. The van der Waals surface area contributed by atoms with E-state index in [1.165, 1.54) is 13.8 Å². The lowest BCUT2D eigenvalue weighted by Gasteiger charge is -2.25. The summed E-state index contributed by atoms with van der Waals surface area (Å²) >= 11 is 0. The summed E-state index contributed by atoms with van der Waals surface area (Å²) in [5, 5.41) is 48.3. The summed E-state index contributed by atoms with van der Waals surface area (Å²) in [5.41, 5.74) is -1.59. The van der Waals surface area contributed by atoms with Crippen LogP contribution in [0.1, 0.15) is 38.6 Å². The minimum Gasteiger partial charge on any atom is -0.479 e. The Bertz CT molecular complexity index is 916. The van der Waals surface area contributed by atoms with Gasteiger partial charge in [-0.05, 0) is 26.7 Å². The highest BCUT2D eigenvalue weighted by molar-refractivity contribution is 7.55. The van der Waals surface area contributed by atoms with E-state index >= 15 is 0 Å². The third-order valence-electron chi connectivity index (χ3n) is 4.40. The van der Waals surface area contributed by atoms with Gasteiger partial charge in [-0.15, -0.1) is 5.10 Å². The Morgan fingerprint density at radius 1 is 1.34 bits per heavy atom. The third kappa shape index (κ3) is 5.68. The zero-order valence-corrected chi connectivity index (χ0v) is 18.4. The molecule has 1 saturated heterocycles. The highest BCUT2D eigenvalue weighted by Gasteiger charge is 2.42. The van der Waals surface area contributed by atoms with Gasteiger partial charge in [-0.1, -0.05) is 5.21 Å². The van der Waals surface area contributed by atoms with Crippen LogP contribution in [0.2, 0.25) is 0 Å². The largest absolute Gasteiger partial charge is 0.479 e. The Hall–Kier alpha value is -2.42. The van der Waals surface area contributed by atoms with Crippen molar-refractivity contribution in [3.05, 3.63) is 16.0 Å². The van der Waals surface area contributed by atoms with Crippen LogP contribution < -0.4 is 16.2 Å². The molecule has 15 nitrogen and oxygen atoms in total. The highest BCUT2D eigenvalue weighted by Crippen LogP contribution is 2.52. The van der Waals surface area contributed by atoms with E-state index in [9.17, 15) is 29.5 Å². The maximum Gasteiger partial charge on any atom is 0.364 e. The Morgan fingerprint density at radius 3 is 2.50 bits per heavy atom. The molecule has 3 unspecified atom stereocenters. The molecule has 6 N–H and O–H groups in total. The molecule has 32 heavy (non-hydrogen) atoms. The van der Waals surface area contributed by atoms with Crippen LogP contribution in [0.25, 0.3) is 0 Å². The van der Waals surface area contributed by atoms with Gasteiger partial charge in [-0.2, -0.15) is 4.68 Å². The van der Waals surface area contributed by atoms with Gasteiger partial charge < -0.3 is 39.7 Å². The summed E-state index contributed by atoms with van der Waals surface area (Å²) in [5.74, 6) is -4.30. The molecule has 1 fully saturated rings. The Morgan fingerprint density at radius 2 is 2.00 bits per heavy atom. The average molecular weight is 478 g/mol. The second-order valence-electron chi connectivity index (χ2n) is 6.51. The van der Waals surface area contributed by atoms with Gasteiger partial charge in [0, 0.05) is 0 Å². The molecule has 0 saturated carbocycles. The first-order valence-corrected chi connectivity index (χ1v) is 11.4. The Labute approximate surface area is 182 Å². The predicted octanol–water partition coefficient (Wildman–Crippen LogP) is -0.738. The number of hydrogen-bond acceptors (Lipinski definition) is 12. The number of rotatable bonds is 12. The quantitative estimate of drug-likeness (QED) is 0.0945. The molecule has 2 heterocycles. The molecule has 0 aromatic carbocycles. The number of nitrogens with zero attached hydrogens (tertiary/aromatic N) is 3. The van der Waals surface area contributed by atoms with Gasteiger partial charge in [0.2, 0.25) is 5.78 Å². The number of hydrogen-bond donors (Lipinski definition) is 6. The topological polar surface area (TPSA) is 218 Å². The molecular weight excluding hydrogens is 451 g/mol. The highest BCUT2D eigenvalue weighted by atomic mass is 31.2. The SMILES string of the molecule is CCOP(=O)(OCC)C(NC(=N)c1nnn(C2CCC(CO)O2)c(=O)c1NCO)C(=O)O. The van der Waals surface area contributed by atoms with Crippen LogP contribution in [0, 0.1) is 5.41 Å². The van der Waals surface area contributed by atoms with Gasteiger partial charge in [0.25, 0.3) is 5.56 Å². The molecule has 0 radical (unpaired) electrons. The minimum absolute atomic E-state index is 0.112. The van der Waals surface area contributed by atoms with E-state index in [4.69, 9.17) is 19.2 Å². The van der Waals surface area contributed by atoms with Crippen LogP contribution in [0.3, 0.4) is 0 Å². The molecule has 16 heteroatoms. The third-order valence-corrected chi connectivity index (χ3v) is 6.62. The monoisotopic (exact) mass is 478 g/mol. The van der Waals surface area contributed by atoms with Crippen molar-refractivity contribution in [1.29, 1.82) is 5.41 Å². The van der Waals surface area contributed by atoms with Gasteiger partial charge in [-0.25, -0.2) is 4.79 Å². The van der Waals surface area contributed by atoms with Gasteiger partial charge >= 0.3 is 13.6 Å². The summed E-state index contributed by atoms with van der Waals surface area (Å²) in [4.78, 5) is 24.6. The van der Waals surface area contributed by atoms with Crippen LogP contribution >= 0.6 is 7.60 Å². The van der Waals surface area contributed by atoms with E-state index in [-0.39, 0.29) is 25.5 Å². The molecule has 3 atom stereocenters. The van der Waals surface area contributed by atoms with E-state index in [0.717, 1.165) is 4.68 Å². The summed E-state index contributed by atoms with van der Waals surface area (Å²) in [6, 6.07) is 0. The molecule has 0 amide bonds. The van der Waals surface area contributed by atoms with Crippen LogP contribution in [-0.2, 0) is 23.1 Å². The lowest BCUT2D eigenvalue weighted by Crippen LogP contribution is -2.43. The lowest BCUT2D eigenvalue weighted by molar-refractivity contribution is -0.137. The molecule has 1 aromatic rings. The van der Waals surface area contributed by atoms with Crippen LogP contribution in [0.5, 0.6) is 0 Å². The number of anilines is 1. The lowest BCUT2D eigenvalue weighted by atomic mass is 10.2. The van der Waals surface area contributed by atoms with Crippen molar-refractivity contribution in [2.75, 3.05) is 31.9 Å².